The summed E-state index contributed by atoms with van der Waals surface area (Å²) in [5.41, 5.74) is 3.63. The summed E-state index contributed by atoms with van der Waals surface area (Å²) >= 11 is 5.99. The second-order valence-corrected chi connectivity index (χ2v) is 9.99. The van der Waals surface area contributed by atoms with E-state index in [1.807, 2.05) is 32.9 Å². The first kappa shape index (κ1) is 23.8. The quantitative estimate of drug-likeness (QED) is 0.478. The summed E-state index contributed by atoms with van der Waals surface area (Å²) < 4.78 is 27.9. The van der Waals surface area contributed by atoms with Crippen LogP contribution in [0.25, 0.3) is 0 Å². The summed E-state index contributed by atoms with van der Waals surface area (Å²) in [4.78, 5) is 13.2. The molecule has 0 spiro atoms. The number of benzene rings is 3. The number of hydrogen-bond donors (Lipinski definition) is 1. The molecule has 0 bridgehead atoms. The summed E-state index contributed by atoms with van der Waals surface area (Å²) in [7, 11) is -3.95. The van der Waals surface area contributed by atoms with Gasteiger partial charge in [-0.25, -0.2) is 8.42 Å². The first-order chi connectivity index (χ1) is 15.2. The highest BCUT2D eigenvalue weighted by Crippen LogP contribution is 2.26. The van der Waals surface area contributed by atoms with E-state index in [0.717, 1.165) is 21.0 Å². The lowest BCUT2D eigenvalue weighted by molar-refractivity contribution is -0.120. The van der Waals surface area contributed by atoms with E-state index >= 15 is 0 Å². The summed E-state index contributed by atoms with van der Waals surface area (Å²) in [5, 5.41) is 3.49. The Morgan fingerprint density at radius 1 is 1.00 bits per heavy atom. The zero-order valence-electron chi connectivity index (χ0n) is 18.4. The molecule has 3 aromatic carbocycles. The van der Waals surface area contributed by atoms with E-state index in [-0.39, 0.29) is 23.4 Å². The Hall–Kier alpha value is -2.83. The fraction of sp³-hybridized carbons (Fsp3) is 0.240. The molecule has 168 valence electrons. The molecule has 1 atom stereocenters. The first-order valence-electron chi connectivity index (χ1n) is 10.4. The Morgan fingerprint density at radius 3 is 2.25 bits per heavy atom. The largest absolute Gasteiger partial charge is 0.348 e. The van der Waals surface area contributed by atoms with Gasteiger partial charge in [0.1, 0.15) is 6.54 Å². The lowest BCUT2D eigenvalue weighted by atomic mass is 9.97. The molecule has 3 rings (SSSR count). The minimum absolute atomic E-state index is 0.115. The van der Waals surface area contributed by atoms with Crippen molar-refractivity contribution in [1.82, 2.24) is 5.32 Å². The van der Waals surface area contributed by atoms with E-state index < -0.39 is 10.0 Å². The summed E-state index contributed by atoms with van der Waals surface area (Å²) in [6.07, 6.45) is 0.683. The maximum Gasteiger partial charge on any atom is 0.264 e. The van der Waals surface area contributed by atoms with Crippen molar-refractivity contribution >= 4 is 33.2 Å². The predicted molar refractivity (Wildman–Crippen MR) is 130 cm³/mol. The van der Waals surface area contributed by atoms with Crippen molar-refractivity contribution in [3.8, 4) is 0 Å². The molecule has 32 heavy (non-hydrogen) atoms. The Kier molecular flexibility index (Phi) is 7.59. The van der Waals surface area contributed by atoms with Gasteiger partial charge in [-0.3, -0.25) is 9.10 Å². The number of nitrogens with one attached hydrogen (secondary N) is 1. The third-order valence-electron chi connectivity index (χ3n) is 5.28. The van der Waals surface area contributed by atoms with Crippen molar-refractivity contribution in [2.24, 2.45) is 0 Å². The fourth-order valence-electron chi connectivity index (χ4n) is 3.63. The molecule has 5 nitrogen and oxygen atoms in total. The molecule has 1 N–H and O–H groups in total. The Morgan fingerprint density at radius 2 is 1.66 bits per heavy atom. The highest BCUT2D eigenvalue weighted by Gasteiger charge is 2.28. The summed E-state index contributed by atoms with van der Waals surface area (Å²) in [5.74, 6) is -0.383. The van der Waals surface area contributed by atoms with Gasteiger partial charge in [-0.15, -0.1) is 0 Å². The Bertz CT molecular complexity index is 1180. The SMILES string of the molecule is CCC(NC(=O)CN(c1ccc(Cl)cc1)S(=O)(=O)c1ccccc1)c1ccc(C)cc1C. The standard InChI is InChI=1S/C25H27ClN2O3S/c1-4-24(23-15-10-18(2)16-19(23)3)27-25(29)17-28(21-13-11-20(26)12-14-21)32(30,31)22-8-6-5-7-9-22/h5-16,24H,4,17H2,1-3H3,(H,27,29). The van der Waals surface area contributed by atoms with Crippen LogP contribution in [0, 0.1) is 13.8 Å². The maximum absolute atomic E-state index is 13.4. The minimum Gasteiger partial charge on any atom is -0.348 e. The lowest BCUT2D eigenvalue weighted by Gasteiger charge is -2.26. The molecule has 0 saturated heterocycles. The monoisotopic (exact) mass is 470 g/mol. The van der Waals surface area contributed by atoms with Crippen LogP contribution in [-0.4, -0.2) is 20.9 Å². The van der Waals surface area contributed by atoms with E-state index in [2.05, 4.69) is 11.4 Å². The predicted octanol–water partition coefficient (Wildman–Crippen LogP) is 5.42. The first-order valence-corrected chi connectivity index (χ1v) is 12.2. The van der Waals surface area contributed by atoms with Crippen LogP contribution in [0.2, 0.25) is 5.02 Å². The van der Waals surface area contributed by atoms with Gasteiger partial charge in [0.05, 0.1) is 16.6 Å². The number of hydrogen-bond acceptors (Lipinski definition) is 3. The number of carbonyl (C=O) groups excluding carboxylic acids is 1. The van der Waals surface area contributed by atoms with Crippen LogP contribution in [0.3, 0.4) is 0 Å². The summed E-state index contributed by atoms with van der Waals surface area (Å²) in [6, 6.07) is 20.4. The van der Waals surface area contributed by atoms with Crippen molar-refractivity contribution in [1.29, 1.82) is 0 Å². The van der Waals surface area contributed by atoms with Gasteiger partial charge in [-0.2, -0.15) is 0 Å². The van der Waals surface area contributed by atoms with Gasteiger partial charge in [0.2, 0.25) is 5.91 Å². The molecule has 0 fully saturated rings. The number of nitrogens with zero attached hydrogens (tertiary/aromatic N) is 1. The summed E-state index contributed by atoms with van der Waals surface area (Å²) in [6.45, 7) is 5.67. The number of rotatable bonds is 8. The van der Waals surface area contributed by atoms with Gasteiger partial charge < -0.3 is 5.32 Å². The average molecular weight is 471 g/mol. The molecule has 0 saturated carbocycles. The maximum atomic E-state index is 13.4. The van der Waals surface area contributed by atoms with Crippen LogP contribution in [0.4, 0.5) is 5.69 Å². The van der Waals surface area contributed by atoms with E-state index in [0.29, 0.717) is 17.1 Å². The second-order valence-electron chi connectivity index (χ2n) is 7.69. The number of aryl methyl sites for hydroxylation is 2. The van der Waals surface area contributed by atoms with Crippen LogP contribution in [0.1, 0.15) is 36.1 Å². The number of carbonyl (C=O) groups is 1. The third-order valence-corrected chi connectivity index (χ3v) is 7.32. The molecule has 0 radical (unpaired) electrons. The number of anilines is 1. The molecule has 7 heteroatoms. The van der Waals surface area contributed by atoms with Crippen LogP contribution in [0.5, 0.6) is 0 Å². The lowest BCUT2D eigenvalue weighted by Crippen LogP contribution is -2.42. The van der Waals surface area contributed by atoms with Gasteiger partial charge in [0.15, 0.2) is 0 Å². The molecular weight excluding hydrogens is 444 g/mol. The van der Waals surface area contributed by atoms with Crippen molar-refractivity contribution in [2.75, 3.05) is 10.8 Å². The van der Waals surface area contributed by atoms with Gasteiger partial charge in [0.25, 0.3) is 10.0 Å². The Labute approximate surface area is 195 Å². The van der Waals surface area contributed by atoms with Crippen molar-refractivity contribution in [3.63, 3.8) is 0 Å². The van der Waals surface area contributed by atoms with Crippen LogP contribution in [-0.2, 0) is 14.8 Å². The molecule has 0 aromatic heterocycles. The number of amides is 1. The molecule has 0 aliphatic rings. The molecule has 0 heterocycles. The molecule has 3 aromatic rings. The smallest absolute Gasteiger partial charge is 0.264 e. The van der Waals surface area contributed by atoms with E-state index in [4.69, 9.17) is 11.6 Å². The number of sulfonamides is 1. The molecular formula is C25H27ClN2O3S. The molecule has 1 unspecified atom stereocenters. The third kappa shape index (κ3) is 5.50. The highest BCUT2D eigenvalue weighted by molar-refractivity contribution is 7.92. The molecule has 0 aliphatic carbocycles. The number of halogens is 1. The average Bonchev–Trinajstić information content (AvgIpc) is 2.77. The zero-order chi connectivity index (χ0) is 23.3. The topological polar surface area (TPSA) is 66.5 Å². The van der Waals surface area contributed by atoms with Crippen LogP contribution >= 0.6 is 11.6 Å². The van der Waals surface area contributed by atoms with Crippen LogP contribution < -0.4 is 9.62 Å². The second kappa shape index (κ2) is 10.2. The molecule has 0 aliphatic heterocycles. The van der Waals surface area contributed by atoms with Crippen molar-refractivity contribution < 1.29 is 13.2 Å². The van der Waals surface area contributed by atoms with Gasteiger partial charge in [-0.05, 0) is 67.8 Å². The minimum atomic E-state index is -3.95. The normalized spacial score (nSPS) is 12.2. The zero-order valence-corrected chi connectivity index (χ0v) is 20.0. The highest BCUT2D eigenvalue weighted by atomic mass is 35.5. The van der Waals surface area contributed by atoms with Gasteiger partial charge in [0, 0.05) is 5.02 Å². The Balaban J connectivity index is 1.90. The van der Waals surface area contributed by atoms with E-state index in [1.54, 1.807) is 42.5 Å². The van der Waals surface area contributed by atoms with E-state index in [9.17, 15) is 13.2 Å². The fourth-order valence-corrected chi connectivity index (χ4v) is 5.20. The van der Waals surface area contributed by atoms with Crippen molar-refractivity contribution in [2.45, 2.75) is 38.1 Å². The van der Waals surface area contributed by atoms with Crippen LogP contribution in [0.15, 0.2) is 77.7 Å². The van der Waals surface area contributed by atoms with Gasteiger partial charge >= 0.3 is 0 Å². The van der Waals surface area contributed by atoms with Gasteiger partial charge in [-0.1, -0.05) is 60.5 Å². The van der Waals surface area contributed by atoms with Crippen molar-refractivity contribution in [3.05, 3.63) is 94.5 Å². The molecule has 1 amide bonds. The van der Waals surface area contributed by atoms with E-state index in [1.165, 1.54) is 12.1 Å².